The van der Waals surface area contributed by atoms with Crippen LogP contribution in [-0.2, 0) is 6.54 Å². The monoisotopic (exact) mass is 247 g/mol. The normalized spacial score (nSPS) is 22.9. The van der Waals surface area contributed by atoms with Crippen molar-refractivity contribution in [3.63, 3.8) is 0 Å². The van der Waals surface area contributed by atoms with E-state index < -0.39 is 0 Å². The van der Waals surface area contributed by atoms with Crippen LogP contribution in [0.25, 0.3) is 0 Å². The molecule has 2 rings (SSSR count). The maximum absolute atomic E-state index is 4.60. The number of aromatic nitrogens is 1. The summed E-state index contributed by atoms with van der Waals surface area (Å²) in [6.45, 7) is 11.0. The van der Waals surface area contributed by atoms with Crippen LogP contribution in [0.5, 0.6) is 0 Å². The highest BCUT2D eigenvalue weighted by Crippen LogP contribution is 2.14. The van der Waals surface area contributed by atoms with Crippen molar-refractivity contribution in [2.75, 3.05) is 19.6 Å². The number of hydrogen-bond donors (Lipinski definition) is 1. The SMILES string of the molecule is CCC(C)C1CN(Cc2cccc(C)n2)CCN1. The summed E-state index contributed by atoms with van der Waals surface area (Å²) in [7, 11) is 0. The first-order valence-corrected chi connectivity index (χ1v) is 7.07. The molecule has 0 aliphatic carbocycles. The molecule has 1 N–H and O–H groups in total. The molecule has 1 aliphatic heterocycles. The number of nitrogens with one attached hydrogen (secondary N) is 1. The number of nitrogens with zero attached hydrogens (tertiary/aromatic N) is 2. The Morgan fingerprint density at radius 3 is 3.06 bits per heavy atom. The molecule has 100 valence electrons. The van der Waals surface area contributed by atoms with Crippen molar-refractivity contribution >= 4 is 0 Å². The molecular weight excluding hydrogens is 222 g/mol. The zero-order valence-corrected chi connectivity index (χ0v) is 11.8. The molecule has 2 unspecified atom stereocenters. The molecule has 3 nitrogen and oxygen atoms in total. The van der Waals surface area contributed by atoms with Gasteiger partial charge in [-0.25, -0.2) is 0 Å². The molecule has 2 atom stereocenters. The lowest BCUT2D eigenvalue weighted by atomic mass is 9.97. The van der Waals surface area contributed by atoms with Crippen molar-refractivity contribution in [3.05, 3.63) is 29.6 Å². The third-order valence-electron chi connectivity index (χ3n) is 3.95. The lowest BCUT2D eigenvalue weighted by Crippen LogP contribution is -2.52. The van der Waals surface area contributed by atoms with E-state index in [4.69, 9.17) is 0 Å². The average molecular weight is 247 g/mol. The van der Waals surface area contributed by atoms with Gasteiger partial charge in [0.15, 0.2) is 0 Å². The molecule has 1 aliphatic rings. The summed E-state index contributed by atoms with van der Waals surface area (Å²) in [4.78, 5) is 7.12. The number of aryl methyl sites for hydroxylation is 1. The lowest BCUT2D eigenvalue weighted by molar-refractivity contribution is 0.161. The molecule has 0 aromatic carbocycles. The van der Waals surface area contributed by atoms with Crippen LogP contribution in [0.15, 0.2) is 18.2 Å². The summed E-state index contributed by atoms with van der Waals surface area (Å²) in [5, 5.41) is 3.63. The zero-order valence-electron chi connectivity index (χ0n) is 11.8. The number of hydrogen-bond acceptors (Lipinski definition) is 3. The molecule has 1 fully saturated rings. The van der Waals surface area contributed by atoms with E-state index in [0.29, 0.717) is 6.04 Å². The van der Waals surface area contributed by atoms with Gasteiger partial charge in [-0.1, -0.05) is 26.3 Å². The van der Waals surface area contributed by atoms with Crippen LogP contribution in [0, 0.1) is 12.8 Å². The first kappa shape index (κ1) is 13.5. The topological polar surface area (TPSA) is 28.2 Å². The summed E-state index contributed by atoms with van der Waals surface area (Å²) in [5.74, 6) is 0.748. The van der Waals surface area contributed by atoms with Gasteiger partial charge in [0.05, 0.1) is 5.69 Å². The highest BCUT2D eigenvalue weighted by Gasteiger charge is 2.23. The van der Waals surface area contributed by atoms with E-state index >= 15 is 0 Å². The van der Waals surface area contributed by atoms with Crippen LogP contribution in [0.1, 0.15) is 31.7 Å². The van der Waals surface area contributed by atoms with Gasteiger partial charge in [-0.2, -0.15) is 0 Å². The minimum absolute atomic E-state index is 0.633. The molecule has 0 spiro atoms. The van der Waals surface area contributed by atoms with Gasteiger partial charge in [-0.05, 0) is 25.0 Å². The van der Waals surface area contributed by atoms with Crippen LogP contribution in [0.3, 0.4) is 0 Å². The van der Waals surface area contributed by atoms with Gasteiger partial charge in [0.1, 0.15) is 0 Å². The van der Waals surface area contributed by atoms with E-state index in [-0.39, 0.29) is 0 Å². The number of pyridine rings is 1. The summed E-state index contributed by atoms with van der Waals surface area (Å²) < 4.78 is 0. The predicted molar refractivity (Wildman–Crippen MR) is 75.5 cm³/mol. The lowest BCUT2D eigenvalue weighted by Gasteiger charge is -2.36. The molecule has 2 heterocycles. The quantitative estimate of drug-likeness (QED) is 0.884. The maximum atomic E-state index is 4.60. The standard InChI is InChI=1S/C15H25N3/c1-4-12(2)15-11-18(9-8-16-15)10-14-7-5-6-13(3)17-14/h5-7,12,15-16H,4,8-11H2,1-3H3. The molecule has 18 heavy (non-hydrogen) atoms. The molecule has 1 aromatic rings. The van der Waals surface area contributed by atoms with Crippen LogP contribution >= 0.6 is 0 Å². The molecule has 0 saturated carbocycles. The van der Waals surface area contributed by atoms with Gasteiger partial charge in [0.25, 0.3) is 0 Å². The van der Waals surface area contributed by atoms with E-state index in [0.717, 1.165) is 37.8 Å². The molecule has 1 saturated heterocycles. The van der Waals surface area contributed by atoms with Crippen LogP contribution < -0.4 is 5.32 Å². The second-order valence-electron chi connectivity index (χ2n) is 5.45. The van der Waals surface area contributed by atoms with Gasteiger partial charge >= 0.3 is 0 Å². The van der Waals surface area contributed by atoms with E-state index in [2.05, 4.69) is 54.2 Å². The van der Waals surface area contributed by atoms with E-state index in [1.807, 2.05) is 0 Å². The third-order valence-corrected chi connectivity index (χ3v) is 3.95. The van der Waals surface area contributed by atoms with Gasteiger partial charge in [-0.3, -0.25) is 9.88 Å². The first-order valence-electron chi connectivity index (χ1n) is 7.07. The fourth-order valence-corrected chi connectivity index (χ4v) is 2.57. The Morgan fingerprint density at radius 2 is 2.33 bits per heavy atom. The van der Waals surface area contributed by atoms with Crippen molar-refractivity contribution in [1.29, 1.82) is 0 Å². The number of piperazine rings is 1. The summed E-state index contributed by atoms with van der Waals surface area (Å²) in [6, 6.07) is 6.93. The molecular formula is C15H25N3. The number of rotatable bonds is 4. The largest absolute Gasteiger partial charge is 0.311 e. The minimum atomic E-state index is 0.633. The van der Waals surface area contributed by atoms with E-state index in [9.17, 15) is 0 Å². The van der Waals surface area contributed by atoms with Crippen molar-refractivity contribution < 1.29 is 0 Å². The van der Waals surface area contributed by atoms with E-state index in [1.165, 1.54) is 12.1 Å². The predicted octanol–water partition coefficient (Wildman–Crippen LogP) is 2.21. The van der Waals surface area contributed by atoms with Crippen molar-refractivity contribution in [2.45, 2.75) is 39.8 Å². The summed E-state index contributed by atoms with van der Waals surface area (Å²) in [5.41, 5.74) is 2.31. The molecule has 0 amide bonds. The van der Waals surface area contributed by atoms with Crippen molar-refractivity contribution in [2.24, 2.45) is 5.92 Å². The Balaban J connectivity index is 1.93. The van der Waals surface area contributed by atoms with Gasteiger partial charge < -0.3 is 5.32 Å². The Bertz CT molecular complexity index is 378. The van der Waals surface area contributed by atoms with Gasteiger partial charge in [0.2, 0.25) is 0 Å². The fourth-order valence-electron chi connectivity index (χ4n) is 2.57. The molecule has 1 aromatic heterocycles. The van der Waals surface area contributed by atoms with Gasteiger partial charge in [-0.15, -0.1) is 0 Å². The Labute approximate surface area is 111 Å². The second-order valence-corrected chi connectivity index (χ2v) is 5.45. The summed E-state index contributed by atoms with van der Waals surface area (Å²) >= 11 is 0. The Kier molecular flexibility index (Phi) is 4.72. The fraction of sp³-hybridized carbons (Fsp3) is 0.667. The molecule has 3 heteroatoms. The highest BCUT2D eigenvalue weighted by atomic mass is 15.2. The van der Waals surface area contributed by atoms with Crippen molar-refractivity contribution in [3.8, 4) is 0 Å². The van der Waals surface area contributed by atoms with Gasteiger partial charge in [0, 0.05) is 37.9 Å². The third kappa shape index (κ3) is 3.53. The van der Waals surface area contributed by atoms with E-state index in [1.54, 1.807) is 0 Å². The first-order chi connectivity index (χ1) is 8.69. The van der Waals surface area contributed by atoms with Crippen LogP contribution in [0.4, 0.5) is 0 Å². The highest BCUT2D eigenvalue weighted by molar-refractivity contribution is 5.10. The van der Waals surface area contributed by atoms with Crippen molar-refractivity contribution in [1.82, 2.24) is 15.2 Å². The van der Waals surface area contributed by atoms with Crippen LogP contribution in [-0.4, -0.2) is 35.6 Å². The molecule has 0 radical (unpaired) electrons. The Morgan fingerprint density at radius 1 is 1.50 bits per heavy atom. The maximum Gasteiger partial charge on any atom is 0.0547 e. The van der Waals surface area contributed by atoms with Crippen LogP contribution in [0.2, 0.25) is 0 Å². The average Bonchev–Trinajstić information content (AvgIpc) is 2.38. The minimum Gasteiger partial charge on any atom is -0.311 e. The molecule has 0 bridgehead atoms. The second kappa shape index (κ2) is 6.30. The smallest absolute Gasteiger partial charge is 0.0547 e. The summed E-state index contributed by atoms with van der Waals surface area (Å²) in [6.07, 6.45) is 1.24. The Hall–Kier alpha value is -0.930. The zero-order chi connectivity index (χ0) is 13.0.